The maximum atomic E-state index is 12.3. The number of fused-ring (bicyclic) bond motifs is 1. The van der Waals surface area contributed by atoms with E-state index in [1.807, 2.05) is 49.0 Å². The van der Waals surface area contributed by atoms with E-state index in [1.165, 1.54) is 16.0 Å². The van der Waals surface area contributed by atoms with Gasteiger partial charge in [0, 0.05) is 16.2 Å². The molecule has 2 aromatic carbocycles. The monoisotopic (exact) mass is 283 g/mol. The summed E-state index contributed by atoms with van der Waals surface area (Å²) in [6.07, 6.45) is 0.985. The smallest absolute Gasteiger partial charge is 0.251 e. The third kappa shape index (κ3) is 2.73. The largest absolute Gasteiger partial charge is 0.345 e. The molecule has 2 nitrogen and oxygen atoms in total. The maximum absolute atomic E-state index is 12.3. The lowest BCUT2D eigenvalue weighted by Gasteiger charge is -2.25. The van der Waals surface area contributed by atoms with Crippen LogP contribution in [0.3, 0.4) is 0 Å². The summed E-state index contributed by atoms with van der Waals surface area (Å²) in [6.45, 7) is 2.02. The van der Waals surface area contributed by atoms with Crippen molar-refractivity contribution in [1.82, 2.24) is 5.32 Å². The van der Waals surface area contributed by atoms with Crippen LogP contribution in [-0.2, 0) is 0 Å². The Balaban J connectivity index is 1.79. The highest BCUT2D eigenvalue weighted by Crippen LogP contribution is 2.35. The first-order valence-electron chi connectivity index (χ1n) is 6.83. The molecule has 1 N–H and O–H groups in total. The fraction of sp³-hybridized carbons (Fsp3) is 0.235. The molecule has 0 spiro atoms. The number of thioether (sulfide) groups is 1. The van der Waals surface area contributed by atoms with E-state index >= 15 is 0 Å². The second-order valence-corrected chi connectivity index (χ2v) is 6.20. The van der Waals surface area contributed by atoms with Crippen LogP contribution in [0.4, 0.5) is 0 Å². The molecule has 3 heteroatoms. The summed E-state index contributed by atoms with van der Waals surface area (Å²) < 4.78 is 0. The number of benzene rings is 2. The van der Waals surface area contributed by atoms with Crippen molar-refractivity contribution >= 4 is 17.7 Å². The van der Waals surface area contributed by atoms with Crippen LogP contribution < -0.4 is 5.32 Å². The fourth-order valence-electron chi connectivity index (χ4n) is 2.44. The number of carbonyl (C=O) groups excluding carboxylic acids is 1. The number of carbonyl (C=O) groups is 1. The van der Waals surface area contributed by atoms with Crippen molar-refractivity contribution < 1.29 is 4.79 Å². The van der Waals surface area contributed by atoms with Crippen LogP contribution in [0.15, 0.2) is 53.4 Å². The molecule has 3 rings (SSSR count). The van der Waals surface area contributed by atoms with Gasteiger partial charge in [0.05, 0.1) is 6.04 Å². The van der Waals surface area contributed by atoms with Crippen molar-refractivity contribution in [2.45, 2.75) is 24.3 Å². The van der Waals surface area contributed by atoms with E-state index < -0.39 is 0 Å². The first-order valence-corrected chi connectivity index (χ1v) is 7.82. The molecule has 0 aliphatic carbocycles. The summed E-state index contributed by atoms with van der Waals surface area (Å²) in [5.41, 5.74) is 3.14. The molecule has 1 heterocycles. The molecule has 1 aliphatic heterocycles. The average molecular weight is 283 g/mol. The lowest BCUT2D eigenvalue weighted by atomic mass is 10.0. The highest BCUT2D eigenvalue weighted by Gasteiger charge is 2.22. The molecule has 0 saturated heterocycles. The van der Waals surface area contributed by atoms with E-state index in [2.05, 4.69) is 23.5 Å². The molecule has 0 saturated carbocycles. The average Bonchev–Trinajstić information content (AvgIpc) is 2.48. The van der Waals surface area contributed by atoms with Gasteiger partial charge in [0.1, 0.15) is 0 Å². The Morgan fingerprint density at radius 2 is 1.90 bits per heavy atom. The van der Waals surface area contributed by atoms with Crippen LogP contribution in [0.1, 0.15) is 33.9 Å². The van der Waals surface area contributed by atoms with E-state index in [9.17, 15) is 4.79 Å². The van der Waals surface area contributed by atoms with Gasteiger partial charge in [-0.1, -0.05) is 35.9 Å². The summed E-state index contributed by atoms with van der Waals surface area (Å²) in [7, 11) is 0. The highest BCUT2D eigenvalue weighted by atomic mass is 32.2. The second kappa shape index (κ2) is 5.71. The van der Waals surface area contributed by atoms with Gasteiger partial charge in [0.2, 0.25) is 0 Å². The summed E-state index contributed by atoms with van der Waals surface area (Å²) in [6, 6.07) is 16.2. The zero-order valence-electron chi connectivity index (χ0n) is 11.4. The van der Waals surface area contributed by atoms with E-state index in [-0.39, 0.29) is 11.9 Å². The number of hydrogen-bond donors (Lipinski definition) is 1. The summed E-state index contributed by atoms with van der Waals surface area (Å²) in [5, 5.41) is 3.16. The van der Waals surface area contributed by atoms with Gasteiger partial charge < -0.3 is 5.32 Å². The zero-order valence-corrected chi connectivity index (χ0v) is 12.2. The van der Waals surface area contributed by atoms with Crippen molar-refractivity contribution in [3.8, 4) is 0 Å². The SMILES string of the molecule is Cc1ccc(C(=O)N[C@H]2CCSc3ccccc32)cc1. The molecule has 2 aromatic rings. The molecule has 0 bridgehead atoms. The second-order valence-electron chi connectivity index (χ2n) is 5.07. The van der Waals surface area contributed by atoms with Gasteiger partial charge in [-0.05, 0) is 37.1 Å². The third-order valence-corrected chi connectivity index (χ3v) is 4.70. The van der Waals surface area contributed by atoms with E-state index in [0.717, 1.165) is 17.7 Å². The van der Waals surface area contributed by atoms with Gasteiger partial charge in [-0.15, -0.1) is 11.8 Å². The molecule has 0 unspecified atom stereocenters. The van der Waals surface area contributed by atoms with Gasteiger partial charge >= 0.3 is 0 Å². The molecular formula is C17H17NOS. The number of aryl methyl sites for hydroxylation is 1. The van der Waals surface area contributed by atoms with Gasteiger partial charge in [0.25, 0.3) is 5.91 Å². The minimum atomic E-state index is 0.0108. The fourth-order valence-corrected chi connectivity index (χ4v) is 3.56. The lowest BCUT2D eigenvalue weighted by molar-refractivity contribution is 0.0935. The Morgan fingerprint density at radius 1 is 1.15 bits per heavy atom. The Morgan fingerprint density at radius 3 is 2.70 bits per heavy atom. The number of rotatable bonds is 2. The minimum Gasteiger partial charge on any atom is -0.345 e. The van der Waals surface area contributed by atoms with Crippen LogP contribution in [0.5, 0.6) is 0 Å². The summed E-state index contributed by atoms with van der Waals surface area (Å²) in [5.74, 6) is 1.06. The first-order chi connectivity index (χ1) is 9.74. The molecular weight excluding hydrogens is 266 g/mol. The van der Waals surface area contributed by atoms with Crippen molar-refractivity contribution in [2.75, 3.05) is 5.75 Å². The zero-order chi connectivity index (χ0) is 13.9. The first kappa shape index (κ1) is 13.3. The van der Waals surface area contributed by atoms with Crippen molar-refractivity contribution in [2.24, 2.45) is 0 Å². The number of amides is 1. The molecule has 1 amide bonds. The summed E-state index contributed by atoms with van der Waals surface area (Å²) >= 11 is 1.87. The van der Waals surface area contributed by atoms with E-state index in [4.69, 9.17) is 0 Å². The Bertz CT molecular complexity index is 621. The summed E-state index contributed by atoms with van der Waals surface area (Å²) in [4.78, 5) is 13.6. The number of nitrogens with one attached hydrogen (secondary N) is 1. The van der Waals surface area contributed by atoms with Crippen molar-refractivity contribution in [3.63, 3.8) is 0 Å². The maximum Gasteiger partial charge on any atom is 0.251 e. The Labute approximate surface area is 123 Å². The molecule has 0 aromatic heterocycles. The van der Waals surface area contributed by atoms with Gasteiger partial charge in [-0.3, -0.25) is 4.79 Å². The van der Waals surface area contributed by atoms with Gasteiger partial charge in [0.15, 0.2) is 0 Å². The third-order valence-electron chi connectivity index (χ3n) is 3.58. The molecule has 0 fully saturated rings. The van der Waals surface area contributed by atoms with E-state index in [0.29, 0.717) is 0 Å². The molecule has 1 atom stereocenters. The van der Waals surface area contributed by atoms with E-state index in [1.54, 1.807) is 0 Å². The number of hydrogen-bond acceptors (Lipinski definition) is 2. The van der Waals surface area contributed by atoms with Crippen LogP contribution in [0.2, 0.25) is 0 Å². The van der Waals surface area contributed by atoms with Crippen LogP contribution >= 0.6 is 11.8 Å². The standard InChI is InChI=1S/C17H17NOS/c1-12-6-8-13(9-7-12)17(19)18-15-10-11-20-16-5-3-2-4-14(15)16/h2-9,15H,10-11H2,1H3,(H,18,19)/t15-/m0/s1. The predicted molar refractivity (Wildman–Crippen MR) is 83.2 cm³/mol. The van der Waals surface area contributed by atoms with Crippen molar-refractivity contribution in [3.05, 3.63) is 65.2 Å². The molecule has 102 valence electrons. The van der Waals surface area contributed by atoms with Gasteiger partial charge in [-0.2, -0.15) is 0 Å². The molecule has 0 radical (unpaired) electrons. The van der Waals surface area contributed by atoms with Crippen molar-refractivity contribution in [1.29, 1.82) is 0 Å². The lowest BCUT2D eigenvalue weighted by Crippen LogP contribution is -2.30. The normalized spacial score (nSPS) is 17.4. The quantitative estimate of drug-likeness (QED) is 0.904. The highest BCUT2D eigenvalue weighted by molar-refractivity contribution is 7.99. The van der Waals surface area contributed by atoms with Crippen LogP contribution in [0.25, 0.3) is 0 Å². The molecule has 1 aliphatic rings. The Hall–Kier alpha value is -1.74. The van der Waals surface area contributed by atoms with Crippen LogP contribution in [-0.4, -0.2) is 11.7 Å². The minimum absolute atomic E-state index is 0.0108. The van der Waals surface area contributed by atoms with Gasteiger partial charge in [-0.25, -0.2) is 0 Å². The topological polar surface area (TPSA) is 29.1 Å². The molecule has 20 heavy (non-hydrogen) atoms. The predicted octanol–water partition coefficient (Wildman–Crippen LogP) is 3.96. The Kier molecular flexibility index (Phi) is 3.79. The van der Waals surface area contributed by atoms with Crippen LogP contribution in [0, 0.1) is 6.92 Å².